The number of ether oxygens (including phenoxy) is 1. The van der Waals surface area contributed by atoms with Crippen LogP contribution < -0.4 is 4.74 Å². The van der Waals surface area contributed by atoms with Gasteiger partial charge in [-0.05, 0) is 55.3 Å². The summed E-state index contributed by atoms with van der Waals surface area (Å²) in [6.07, 6.45) is 1.64. The fourth-order valence-corrected chi connectivity index (χ4v) is 3.65. The summed E-state index contributed by atoms with van der Waals surface area (Å²) in [6, 6.07) is 15.0. The normalized spacial score (nSPS) is 14.9. The molecule has 6 nitrogen and oxygen atoms in total. The van der Waals surface area contributed by atoms with Crippen molar-refractivity contribution in [1.29, 1.82) is 0 Å². The molecule has 2 heterocycles. The monoisotopic (exact) mass is 441 g/mol. The predicted octanol–water partition coefficient (Wildman–Crippen LogP) is 4.53. The number of halogens is 1. The summed E-state index contributed by atoms with van der Waals surface area (Å²) >= 11 is 3.40. The Hall–Kier alpha value is -2.67. The molecule has 3 aromatic rings. The molecule has 144 valence electrons. The molecule has 0 atom stereocenters. The number of aromatic nitrogens is 2. The molecule has 7 heteroatoms. The molecule has 0 radical (unpaired) electrons. The van der Waals surface area contributed by atoms with Gasteiger partial charge in [-0.1, -0.05) is 27.2 Å². The average molecular weight is 442 g/mol. The van der Waals surface area contributed by atoms with Gasteiger partial charge < -0.3 is 14.2 Å². The fraction of sp³-hybridized carbons (Fsp3) is 0.286. The highest BCUT2D eigenvalue weighted by Gasteiger charge is 2.27. The molecule has 1 aliphatic heterocycles. The van der Waals surface area contributed by atoms with Gasteiger partial charge in [-0.2, -0.15) is 4.98 Å². The van der Waals surface area contributed by atoms with Crippen molar-refractivity contribution in [3.05, 3.63) is 64.4 Å². The van der Waals surface area contributed by atoms with Gasteiger partial charge in [-0.25, -0.2) is 0 Å². The van der Waals surface area contributed by atoms with Crippen molar-refractivity contribution in [1.82, 2.24) is 15.0 Å². The lowest BCUT2D eigenvalue weighted by Crippen LogP contribution is -2.38. The van der Waals surface area contributed by atoms with Crippen molar-refractivity contribution in [3.63, 3.8) is 0 Å². The highest BCUT2D eigenvalue weighted by atomic mass is 79.9. The van der Waals surface area contributed by atoms with E-state index in [4.69, 9.17) is 9.26 Å². The molecule has 4 rings (SSSR count). The van der Waals surface area contributed by atoms with Crippen molar-refractivity contribution < 1.29 is 14.1 Å². The number of carbonyl (C=O) groups is 1. The quantitative estimate of drug-likeness (QED) is 0.594. The smallest absolute Gasteiger partial charge is 0.258 e. The zero-order valence-corrected chi connectivity index (χ0v) is 17.1. The molecule has 0 aliphatic carbocycles. The van der Waals surface area contributed by atoms with Gasteiger partial charge in [0.05, 0.1) is 7.11 Å². The standard InChI is InChI=1S/C21H20BrN3O3/c1-27-18-4-2-3-16(13-18)20-23-19(24-28-20)14-9-11-25(12-10-14)21(26)15-5-7-17(22)8-6-15/h2-8,13-14H,9-12H2,1H3. The first-order chi connectivity index (χ1) is 13.6. The van der Waals surface area contributed by atoms with Crippen molar-refractivity contribution in [2.75, 3.05) is 20.2 Å². The molecule has 0 saturated carbocycles. The number of methoxy groups -OCH3 is 1. The molecule has 1 amide bonds. The first kappa shape index (κ1) is 18.7. The zero-order valence-electron chi connectivity index (χ0n) is 15.5. The largest absolute Gasteiger partial charge is 0.497 e. The maximum atomic E-state index is 12.7. The Morgan fingerprint density at radius 1 is 1.18 bits per heavy atom. The van der Waals surface area contributed by atoms with E-state index in [2.05, 4.69) is 26.1 Å². The maximum absolute atomic E-state index is 12.7. The Labute approximate surface area is 171 Å². The summed E-state index contributed by atoms with van der Waals surface area (Å²) in [5.74, 6) is 2.20. The SMILES string of the molecule is COc1cccc(-c2nc(C3CCN(C(=O)c4ccc(Br)cc4)CC3)no2)c1. The van der Waals surface area contributed by atoms with Crippen LogP contribution in [0.15, 0.2) is 57.5 Å². The van der Waals surface area contributed by atoms with Crippen LogP contribution in [-0.4, -0.2) is 41.1 Å². The summed E-state index contributed by atoms with van der Waals surface area (Å²) in [7, 11) is 1.63. The number of likely N-dealkylation sites (tertiary alicyclic amines) is 1. The van der Waals surface area contributed by atoms with Crippen LogP contribution in [-0.2, 0) is 0 Å². The van der Waals surface area contributed by atoms with E-state index in [-0.39, 0.29) is 11.8 Å². The number of amides is 1. The third-order valence-electron chi connectivity index (χ3n) is 5.00. The topological polar surface area (TPSA) is 68.5 Å². The highest BCUT2D eigenvalue weighted by molar-refractivity contribution is 9.10. The first-order valence-corrected chi connectivity index (χ1v) is 9.96. The molecule has 0 N–H and O–H groups in total. The van der Waals surface area contributed by atoms with Crippen LogP contribution in [0.5, 0.6) is 5.75 Å². The van der Waals surface area contributed by atoms with Crippen molar-refractivity contribution >= 4 is 21.8 Å². The molecule has 1 fully saturated rings. The molecule has 0 unspecified atom stereocenters. The minimum atomic E-state index is 0.0659. The van der Waals surface area contributed by atoms with Gasteiger partial charge in [0.25, 0.3) is 11.8 Å². The second kappa shape index (κ2) is 8.14. The Kier molecular flexibility index (Phi) is 5.43. The second-order valence-electron chi connectivity index (χ2n) is 6.76. The maximum Gasteiger partial charge on any atom is 0.258 e. The molecule has 28 heavy (non-hydrogen) atoms. The Morgan fingerprint density at radius 2 is 1.93 bits per heavy atom. The molecule has 2 aromatic carbocycles. The van der Waals surface area contributed by atoms with E-state index in [9.17, 15) is 4.79 Å². The lowest BCUT2D eigenvalue weighted by atomic mass is 9.95. The van der Waals surface area contributed by atoms with E-state index in [0.717, 1.165) is 28.6 Å². The van der Waals surface area contributed by atoms with Crippen LogP contribution in [0.2, 0.25) is 0 Å². The van der Waals surface area contributed by atoms with E-state index in [1.165, 1.54) is 0 Å². The van der Waals surface area contributed by atoms with E-state index in [1.807, 2.05) is 53.4 Å². The molecular formula is C21H20BrN3O3. The number of rotatable bonds is 4. The molecule has 0 spiro atoms. The van der Waals surface area contributed by atoms with Crippen LogP contribution in [0.4, 0.5) is 0 Å². The third kappa shape index (κ3) is 3.94. The summed E-state index contributed by atoms with van der Waals surface area (Å²) in [5.41, 5.74) is 1.54. The average Bonchev–Trinajstić information content (AvgIpc) is 3.24. The van der Waals surface area contributed by atoms with E-state index >= 15 is 0 Å². The van der Waals surface area contributed by atoms with Crippen LogP contribution in [0.25, 0.3) is 11.5 Å². The Bertz CT molecular complexity index is 963. The van der Waals surface area contributed by atoms with Crippen molar-refractivity contribution in [2.45, 2.75) is 18.8 Å². The Balaban J connectivity index is 1.41. The van der Waals surface area contributed by atoms with E-state index < -0.39 is 0 Å². The van der Waals surface area contributed by atoms with Gasteiger partial charge in [-0.15, -0.1) is 0 Å². The van der Waals surface area contributed by atoms with Gasteiger partial charge in [0, 0.05) is 34.6 Å². The lowest BCUT2D eigenvalue weighted by Gasteiger charge is -2.30. The molecule has 1 aromatic heterocycles. The molecular weight excluding hydrogens is 422 g/mol. The number of hydrogen-bond donors (Lipinski definition) is 0. The van der Waals surface area contributed by atoms with Crippen LogP contribution in [0.1, 0.15) is 34.9 Å². The molecule has 0 bridgehead atoms. The van der Waals surface area contributed by atoms with Gasteiger partial charge in [0.15, 0.2) is 5.82 Å². The highest BCUT2D eigenvalue weighted by Crippen LogP contribution is 2.29. The number of nitrogens with zero attached hydrogens (tertiary/aromatic N) is 3. The summed E-state index contributed by atoms with van der Waals surface area (Å²) in [6.45, 7) is 1.37. The zero-order chi connectivity index (χ0) is 19.5. The summed E-state index contributed by atoms with van der Waals surface area (Å²) in [5, 5.41) is 4.17. The lowest BCUT2D eigenvalue weighted by molar-refractivity contribution is 0.0710. The van der Waals surface area contributed by atoms with Gasteiger partial charge >= 0.3 is 0 Å². The number of hydrogen-bond acceptors (Lipinski definition) is 5. The van der Waals surface area contributed by atoms with Crippen LogP contribution >= 0.6 is 15.9 Å². The minimum absolute atomic E-state index is 0.0659. The first-order valence-electron chi connectivity index (χ1n) is 9.17. The van der Waals surface area contributed by atoms with Crippen LogP contribution in [0.3, 0.4) is 0 Å². The fourth-order valence-electron chi connectivity index (χ4n) is 3.39. The second-order valence-corrected chi connectivity index (χ2v) is 7.68. The van der Waals surface area contributed by atoms with Crippen molar-refractivity contribution in [2.24, 2.45) is 0 Å². The Morgan fingerprint density at radius 3 is 2.64 bits per heavy atom. The van der Waals surface area contributed by atoms with Gasteiger partial charge in [0.2, 0.25) is 0 Å². The minimum Gasteiger partial charge on any atom is -0.497 e. The summed E-state index contributed by atoms with van der Waals surface area (Å²) in [4.78, 5) is 19.1. The molecule has 1 aliphatic rings. The van der Waals surface area contributed by atoms with E-state index in [0.29, 0.717) is 30.4 Å². The predicted molar refractivity (Wildman–Crippen MR) is 108 cm³/mol. The van der Waals surface area contributed by atoms with Crippen LogP contribution in [0, 0.1) is 0 Å². The molecule has 1 saturated heterocycles. The van der Waals surface area contributed by atoms with Crippen molar-refractivity contribution in [3.8, 4) is 17.2 Å². The van der Waals surface area contributed by atoms with Gasteiger partial charge in [0.1, 0.15) is 5.75 Å². The number of piperidine rings is 1. The summed E-state index contributed by atoms with van der Waals surface area (Å²) < 4.78 is 11.7. The number of carbonyl (C=O) groups excluding carboxylic acids is 1. The third-order valence-corrected chi connectivity index (χ3v) is 5.53. The van der Waals surface area contributed by atoms with Gasteiger partial charge in [-0.3, -0.25) is 4.79 Å². The van der Waals surface area contributed by atoms with E-state index in [1.54, 1.807) is 7.11 Å². The number of benzene rings is 2.